The number of halogens is 5. The Balaban J connectivity index is 2.33. The second-order valence-corrected chi connectivity index (χ2v) is 5.82. The molecular formula is C12H10F5N3OS. The predicted molar refractivity (Wildman–Crippen MR) is 68.4 cm³/mol. The molecule has 4 nitrogen and oxygen atoms in total. The second-order valence-electron chi connectivity index (χ2n) is 4.40. The number of aryl methyl sites for hydroxylation is 1. The van der Waals surface area contributed by atoms with E-state index in [2.05, 4.69) is 10.1 Å². The molecule has 10 heteroatoms. The van der Waals surface area contributed by atoms with Crippen molar-refractivity contribution in [1.82, 2.24) is 14.8 Å². The molecule has 0 aliphatic carbocycles. The maximum atomic E-state index is 12.4. The Morgan fingerprint density at radius 2 is 2.00 bits per heavy atom. The first-order valence-electron chi connectivity index (χ1n) is 5.93. The van der Waals surface area contributed by atoms with Crippen LogP contribution in [0.2, 0.25) is 0 Å². The highest BCUT2D eigenvalue weighted by atomic mass is 32.2. The SMILES string of the molecule is Cc1ccc(-n2cnc(C(F)F)n2)cc1[S+]([O-])CC(F)(F)F. The third kappa shape index (κ3) is 3.95. The summed E-state index contributed by atoms with van der Waals surface area (Å²) in [5.74, 6) is -2.17. The van der Waals surface area contributed by atoms with E-state index in [1.54, 1.807) is 0 Å². The topological polar surface area (TPSA) is 53.8 Å². The van der Waals surface area contributed by atoms with Crippen molar-refractivity contribution in [2.75, 3.05) is 5.75 Å². The molecule has 0 radical (unpaired) electrons. The molecule has 1 heterocycles. The molecule has 2 aromatic rings. The van der Waals surface area contributed by atoms with Crippen molar-refractivity contribution in [3.8, 4) is 5.69 Å². The third-order valence-electron chi connectivity index (χ3n) is 2.68. The van der Waals surface area contributed by atoms with Crippen LogP contribution in [0.4, 0.5) is 22.0 Å². The van der Waals surface area contributed by atoms with Crippen molar-refractivity contribution in [2.24, 2.45) is 0 Å². The lowest BCUT2D eigenvalue weighted by Gasteiger charge is -2.15. The summed E-state index contributed by atoms with van der Waals surface area (Å²) in [7, 11) is 0. The second kappa shape index (κ2) is 6.21. The molecule has 1 unspecified atom stereocenters. The first-order valence-corrected chi connectivity index (χ1v) is 7.25. The largest absolute Gasteiger partial charge is 0.611 e. The van der Waals surface area contributed by atoms with E-state index in [9.17, 15) is 26.5 Å². The van der Waals surface area contributed by atoms with Crippen LogP contribution >= 0.6 is 0 Å². The minimum Gasteiger partial charge on any atom is -0.611 e. The van der Waals surface area contributed by atoms with Gasteiger partial charge in [0.1, 0.15) is 6.33 Å². The van der Waals surface area contributed by atoms with Crippen LogP contribution in [0.25, 0.3) is 5.69 Å². The zero-order valence-electron chi connectivity index (χ0n) is 11.1. The van der Waals surface area contributed by atoms with Crippen molar-refractivity contribution >= 4 is 11.2 Å². The third-order valence-corrected chi connectivity index (χ3v) is 4.20. The number of aromatic nitrogens is 3. The van der Waals surface area contributed by atoms with Gasteiger partial charge in [0, 0.05) is 11.6 Å². The molecule has 22 heavy (non-hydrogen) atoms. The summed E-state index contributed by atoms with van der Waals surface area (Å²) in [6.45, 7) is 1.51. The Morgan fingerprint density at radius 3 is 2.55 bits per heavy atom. The van der Waals surface area contributed by atoms with E-state index in [-0.39, 0.29) is 10.6 Å². The molecule has 0 bridgehead atoms. The Kier molecular flexibility index (Phi) is 4.71. The first kappa shape index (κ1) is 16.7. The van der Waals surface area contributed by atoms with Gasteiger partial charge >= 0.3 is 6.18 Å². The van der Waals surface area contributed by atoms with E-state index in [1.807, 2.05) is 0 Å². The maximum Gasteiger partial charge on any atom is 0.433 e. The summed E-state index contributed by atoms with van der Waals surface area (Å²) in [4.78, 5) is 3.37. The number of benzene rings is 1. The van der Waals surface area contributed by atoms with Gasteiger partial charge in [0.15, 0.2) is 4.90 Å². The molecule has 0 saturated heterocycles. The quantitative estimate of drug-likeness (QED) is 0.635. The molecule has 120 valence electrons. The van der Waals surface area contributed by atoms with Crippen molar-refractivity contribution in [2.45, 2.75) is 24.4 Å². The van der Waals surface area contributed by atoms with Gasteiger partial charge in [0.25, 0.3) is 6.43 Å². The van der Waals surface area contributed by atoms with Crippen molar-refractivity contribution in [1.29, 1.82) is 0 Å². The summed E-state index contributed by atoms with van der Waals surface area (Å²) in [5.41, 5.74) is 0.607. The van der Waals surface area contributed by atoms with Gasteiger partial charge in [-0.2, -0.15) is 13.2 Å². The number of hydrogen-bond donors (Lipinski definition) is 0. The molecular weight excluding hydrogens is 329 g/mol. The average molecular weight is 339 g/mol. The molecule has 0 N–H and O–H groups in total. The Hall–Kier alpha value is -1.68. The highest BCUT2D eigenvalue weighted by molar-refractivity contribution is 7.91. The predicted octanol–water partition coefficient (Wildman–Crippen LogP) is 3.18. The fourth-order valence-electron chi connectivity index (χ4n) is 1.70. The van der Waals surface area contributed by atoms with Crippen LogP contribution in [-0.2, 0) is 11.2 Å². The zero-order chi connectivity index (χ0) is 16.5. The normalized spacial score (nSPS) is 13.6. The van der Waals surface area contributed by atoms with Gasteiger partial charge in [-0.15, -0.1) is 5.10 Å². The first-order chi connectivity index (χ1) is 10.2. The highest BCUT2D eigenvalue weighted by Gasteiger charge is 2.36. The molecule has 0 aliphatic heterocycles. The van der Waals surface area contributed by atoms with Crippen molar-refractivity contribution in [3.63, 3.8) is 0 Å². The molecule has 0 amide bonds. The fourth-order valence-corrected chi connectivity index (χ4v) is 2.84. The van der Waals surface area contributed by atoms with Crippen molar-refractivity contribution < 1.29 is 26.5 Å². The van der Waals surface area contributed by atoms with Crippen LogP contribution < -0.4 is 0 Å². The van der Waals surface area contributed by atoms with Gasteiger partial charge in [0.05, 0.1) is 5.69 Å². The number of nitrogens with zero attached hydrogens (tertiary/aromatic N) is 3. The van der Waals surface area contributed by atoms with Gasteiger partial charge in [-0.1, -0.05) is 6.07 Å². The summed E-state index contributed by atoms with van der Waals surface area (Å²) >= 11 is -2.29. The minimum atomic E-state index is -4.57. The minimum absolute atomic E-state index is 0.0241. The maximum absolute atomic E-state index is 12.4. The lowest BCUT2D eigenvalue weighted by molar-refractivity contribution is -0.106. The Bertz CT molecular complexity index is 658. The van der Waals surface area contributed by atoms with Gasteiger partial charge in [-0.3, -0.25) is 0 Å². The van der Waals surface area contributed by atoms with Gasteiger partial charge in [-0.25, -0.2) is 18.4 Å². The van der Waals surface area contributed by atoms with Crippen molar-refractivity contribution in [3.05, 3.63) is 35.9 Å². The summed E-state index contributed by atoms with van der Waals surface area (Å²) in [6, 6.07) is 4.14. The van der Waals surface area contributed by atoms with E-state index < -0.39 is 35.4 Å². The molecule has 1 aromatic heterocycles. The molecule has 2 rings (SSSR count). The van der Waals surface area contributed by atoms with Crippen LogP contribution in [0.15, 0.2) is 29.4 Å². The van der Waals surface area contributed by atoms with Crippen LogP contribution in [0.3, 0.4) is 0 Å². The standard InChI is InChI=1S/C12H10F5N3OS/c1-7-2-3-8(20-6-18-11(19-20)10(13)14)4-9(7)22(21)5-12(15,16)17/h2-4,6,10H,5H2,1H3. The summed E-state index contributed by atoms with van der Waals surface area (Å²) in [5, 5.41) is 3.52. The summed E-state index contributed by atoms with van der Waals surface area (Å²) in [6.07, 6.45) is -6.41. The zero-order valence-corrected chi connectivity index (χ0v) is 12.0. The smallest absolute Gasteiger partial charge is 0.433 e. The van der Waals surface area contributed by atoms with Gasteiger partial charge in [-0.05, 0) is 24.2 Å². The lowest BCUT2D eigenvalue weighted by atomic mass is 10.2. The van der Waals surface area contributed by atoms with E-state index in [1.165, 1.54) is 25.1 Å². The number of alkyl halides is 5. The van der Waals surface area contributed by atoms with Crippen LogP contribution in [-0.4, -0.2) is 31.2 Å². The lowest BCUT2D eigenvalue weighted by Crippen LogP contribution is -2.23. The summed E-state index contributed by atoms with van der Waals surface area (Å²) < 4.78 is 74.7. The fraction of sp³-hybridized carbons (Fsp3) is 0.333. The number of rotatable bonds is 4. The molecule has 0 fully saturated rings. The van der Waals surface area contributed by atoms with Crippen LogP contribution in [0.1, 0.15) is 17.8 Å². The van der Waals surface area contributed by atoms with Gasteiger partial charge in [0.2, 0.25) is 11.6 Å². The Labute approximate surface area is 125 Å². The number of hydrogen-bond acceptors (Lipinski definition) is 3. The van der Waals surface area contributed by atoms with E-state index >= 15 is 0 Å². The molecule has 0 spiro atoms. The van der Waals surface area contributed by atoms with E-state index in [4.69, 9.17) is 0 Å². The van der Waals surface area contributed by atoms with Gasteiger partial charge < -0.3 is 4.55 Å². The molecule has 1 aromatic carbocycles. The van der Waals surface area contributed by atoms with E-state index in [0.29, 0.717) is 5.56 Å². The molecule has 1 atom stereocenters. The van der Waals surface area contributed by atoms with Crippen LogP contribution in [0.5, 0.6) is 0 Å². The highest BCUT2D eigenvalue weighted by Crippen LogP contribution is 2.26. The molecule has 0 aliphatic rings. The molecule has 0 saturated carbocycles. The van der Waals surface area contributed by atoms with E-state index in [0.717, 1.165) is 11.0 Å². The average Bonchev–Trinajstić information content (AvgIpc) is 2.86. The Morgan fingerprint density at radius 1 is 1.32 bits per heavy atom. The monoisotopic (exact) mass is 339 g/mol. The van der Waals surface area contributed by atoms with Crippen LogP contribution in [0, 0.1) is 6.92 Å².